The van der Waals surface area contributed by atoms with Crippen molar-refractivity contribution in [1.82, 2.24) is 5.48 Å². The van der Waals surface area contributed by atoms with Gasteiger partial charge in [0, 0.05) is 11.8 Å². The topological polar surface area (TPSA) is 64.6 Å². The Morgan fingerprint density at radius 3 is 2.47 bits per heavy atom. The summed E-state index contributed by atoms with van der Waals surface area (Å²) in [5.74, 6) is 0. The highest BCUT2D eigenvalue weighted by molar-refractivity contribution is 5.66. The van der Waals surface area contributed by atoms with Gasteiger partial charge in [-0.15, -0.1) is 0 Å². The Labute approximate surface area is 102 Å². The standard InChI is InChI=1S/C12H21NO4/c1-11(2,3)17-10(15)13-16-9-12(7-8-14)5-4-6-12/h8H,4-7,9H2,1-3H3,(H,13,15). The minimum atomic E-state index is -0.599. The molecule has 0 heterocycles. The Balaban J connectivity index is 2.23. The maximum atomic E-state index is 11.3. The molecular formula is C12H21NO4. The number of aldehydes is 1. The van der Waals surface area contributed by atoms with Gasteiger partial charge in [0.25, 0.3) is 0 Å². The molecule has 0 atom stereocenters. The second kappa shape index (κ2) is 5.49. The molecule has 0 radical (unpaired) electrons. The molecule has 17 heavy (non-hydrogen) atoms. The zero-order valence-corrected chi connectivity index (χ0v) is 10.7. The van der Waals surface area contributed by atoms with Crippen LogP contribution < -0.4 is 5.48 Å². The smallest absolute Gasteiger partial charge is 0.431 e. The van der Waals surface area contributed by atoms with E-state index in [1.54, 1.807) is 20.8 Å². The second-order valence-corrected chi connectivity index (χ2v) is 5.62. The van der Waals surface area contributed by atoms with Gasteiger partial charge in [-0.1, -0.05) is 6.42 Å². The van der Waals surface area contributed by atoms with E-state index in [1.807, 2.05) is 0 Å². The number of hydroxylamine groups is 1. The average molecular weight is 243 g/mol. The molecule has 1 amide bonds. The van der Waals surface area contributed by atoms with Crippen molar-refractivity contribution in [1.29, 1.82) is 0 Å². The van der Waals surface area contributed by atoms with E-state index in [1.165, 1.54) is 0 Å². The van der Waals surface area contributed by atoms with Crippen LogP contribution in [-0.2, 0) is 14.4 Å². The molecule has 5 heteroatoms. The largest absolute Gasteiger partial charge is 0.442 e. The van der Waals surface area contributed by atoms with Crippen LogP contribution in [0.1, 0.15) is 46.5 Å². The molecule has 98 valence electrons. The number of carbonyl (C=O) groups excluding carboxylic acids is 2. The first-order chi connectivity index (χ1) is 7.87. The van der Waals surface area contributed by atoms with Crippen molar-refractivity contribution in [2.45, 2.75) is 52.1 Å². The fourth-order valence-electron chi connectivity index (χ4n) is 1.81. The predicted molar refractivity (Wildman–Crippen MR) is 62.3 cm³/mol. The SMILES string of the molecule is CC(C)(C)OC(=O)NOCC1(CC=O)CCC1. The van der Waals surface area contributed by atoms with Gasteiger partial charge in [-0.25, -0.2) is 4.79 Å². The molecule has 0 aromatic rings. The van der Waals surface area contributed by atoms with Gasteiger partial charge in [0.05, 0.1) is 6.61 Å². The molecule has 0 saturated heterocycles. The summed E-state index contributed by atoms with van der Waals surface area (Å²) in [5.41, 5.74) is 1.63. The summed E-state index contributed by atoms with van der Waals surface area (Å²) in [5, 5.41) is 0. The first-order valence-electron chi connectivity index (χ1n) is 5.91. The summed E-state index contributed by atoms with van der Waals surface area (Å²) >= 11 is 0. The van der Waals surface area contributed by atoms with Gasteiger partial charge in [-0.3, -0.25) is 4.84 Å². The summed E-state index contributed by atoms with van der Waals surface area (Å²) in [6.45, 7) is 5.72. The van der Waals surface area contributed by atoms with Crippen molar-refractivity contribution in [2.75, 3.05) is 6.61 Å². The van der Waals surface area contributed by atoms with Crippen molar-refractivity contribution < 1.29 is 19.2 Å². The molecule has 0 aromatic carbocycles. The third kappa shape index (κ3) is 4.73. The lowest BCUT2D eigenvalue weighted by Crippen LogP contribution is -2.39. The van der Waals surface area contributed by atoms with Gasteiger partial charge >= 0.3 is 6.09 Å². The molecule has 5 nitrogen and oxygen atoms in total. The van der Waals surface area contributed by atoms with Gasteiger partial charge in [-0.2, -0.15) is 5.48 Å². The molecule has 1 fully saturated rings. The number of nitrogens with one attached hydrogen (secondary N) is 1. The normalized spacial score (nSPS) is 18.1. The van der Waals surface area contributed by atoms with E-state index >= 15 is 0 Å². The van der Waals surface area contributed by atoms with Crippen LogP contribution in [0, 0.1) is 5.41 Å². The van der Waals surface area contributed by atoms with E-state index in [2.05, 4.69) is 5.48 Å². The summed E-state index contributed by atoms with van der Waals surface area (Å²) in [6.07, 6.45) is 3.87. The molecule has 1 rings (SSSR count). The van der Waals surface area contributed by atoms with Crippen LogP contribution in [-0.4, -0.2) is 24.6 Å². The summed E-state index contributed by atoms with van der Waals surface area (Å²) in [7, 11) is 0. The lowest BCUT2D eigenvalue weighted by Gasteiger charge is -2.39. The van der Waals surface area contributed by atoms with Crippen molar-refractivity contribution in [2.24, 2.45) is 5.41 Å². The fourth-order valence-corrected chi connectivity index (χ4v) is 1.81. The number of amides is 1. The number of ether oxygens (including phenoxy) is 1. The maximum Gasteiger partial charge on any atom is 0.431 e. The summed E-state index contributed by atoms with van der Waals surface area (Å²) in [4.78, 5) is 26.9. The van der Waals surface area contributed by atoms with E-state index in [-0.39, 0.29) is 5.41 Å². The molecule has 1 N–H and O–H groups in total. The third-order valence-electron chi connectivity index (χ3n) is 2.86. The number of carbonyl (C=O) groups is 2. The molecule has 0 aromatic heterocycles. The minimum Gasteiger partial charge on any atom is -0.442 e. The van der Waals surface area contributed by atoms with Gasteiger partial charge in [0.2, 0.25) is 0 Å². The highest BCUT2D eigenvalue weighted by atomic mass is 16.7. The highest BCUT2D eigenvalue weighted by Gasteiger charge is 2.37. The van der Waals surface area contributed by atoms with E-state index in [0.717, 1.165) is 25.5 Å². The van der Waals surface area contributed by atoms with Crippen molar-refractivity contribution >= 4 is 12.4 Å². The monoisotopic (exact) mass is 243 g/mol. The van der Waals surface area contributed by atoms with Crippen LogP contribution in [0.2, 0.25) is 0 Å². The molecule has 0 bridgehead atoms. The van der Waals surface area contributed by atoms with E-state index in [4.69, 9.17) is 9.57 Å². The molecule has 1 aliphatic rings. The lowest BCUT2D eigenvalue weighted by molar-refractivity contribution is -0.115. The maximum absolute atomic E-state index is 11.3. The Bertz CT molecular complexity index is 279. The first kappa shape index (κ1) is 14.0. The van der Waals surface area contributed by atoms with E-state index in [9.17, 15) is 9.59 Å². The molecule has 1 saturated carbocycles. The lowest BCUT2D eigenvalue weighted by atomic mass is 9.67. The Morgan fingerprint density at radius 2 is 2.06 bits per heavy atom. The van der Waals surface area contributed by atoms with Gasteiger partial charge in [0.1, 0.15) is 11.9 Å². The molecular weight excluding hydrogens is 222 g/mol. The van der Waals surface area contributed by atoms with E-state index < -0.39 is 11.7 Å². The Hall–Kier alpha value is -1.10. The van der Waals surface area contributed by atoms with Crippen LogP contribution in [0.3, 0.4) is 0 Å². The number of hydrogen-bond donors (Lipinski definition) is 1. The van der Waals surface area contributed by atoms with Crippen molar-refractivity contribution in [3.8, 4) is 0 Å². The molecule has 0 spiro atoms. The Kier molecular flexibility index (Phi) is 4.51. The van der Waals surface area contributed by atoms with Gasteiger partial charge < -0.3 is 9.53 Å². The first-order valence-corrected chi connectivity index (χ1v) is 5.91. The van der Waals surface area contributed by atoms with Crippen molar-refractivity contribution in [3.63, 3.8) is 0 Å². The van der Waals surface area contributed by atoms with Crippen LogP contribution in [0.25, 0.3) is 0 Å². The van der Waals surface area contributed by atoms with Gasteiger partial charge in [0.15, 0.2) is 0 Å². The number of hydrogen-bond acceptors (Lipinski definition) is 4. The minimum absolute atomic E-state index is 0.0727. The van der Waals surface area contributed by atoms with Crippen LogP contribution in [0.5, 0.6) is 0 Å². The van der Waals surface area contributed by atoms with Crippen LogP contribution in [0.15, 0.2) is 0 Å². The molecule has 0 aliphatic heterocycles. The predicted octanol–water partition coefficient (Wildman–Crippen LogP) is 2.20. The zero-order valence-electron chi connectivity index (χ0n) is 10.7. The highest BCUT2D eigenvalue weighted by Crippen LogP contribution is 2.43. The van der Waals surface area contributed by atoms with Crippen LogP contribution >= 0.6 is 0 Å². The zero-order chi connectivity index (χ0) is 12.9. The summed E-state index contributed by atoms with van der Waals surface area (Å²) in [6, 6.07) is 0. The quantitative estimate of drug-likeness (QED) is 0.594. The molecule has 1 aliphatic carbocycles. The average Bonchev–Trinajstić information content (AvgIpc) is 2.11. The second-order valence-electron chi connectivity index (χ2n) is 5.62. The van der Waals surface area contributed by atoms with E-state index in [0.29, 0.717) is 13.0 Å². The van der Waals surface area contributed by atoms with Gasteiger partial charge in [-0.05, 0) is 33.6 Å². The Morgan fingerprint density at radius 1 is 1.41 bits per heavy atom. The summed E-state index contributed by atoms with van der Waals surface area (Å²) < 4.78 is 5.02. The van der Waals surface area contributed by atoms with Crippen LogP contribution in [0.4, 0.5) is 4.79 Å². The van der Waals surface area contributed by atoms with Crippen molar-refractivity contribution in [3.05, 3.63) is 0 Å². The molecule has 0 unspecified atom stereocenters. The third-order valence-corrected chi connectivity index (χ3v) is 2.86. The number of rotatable bonds is 5. The fraction of sp³-hybridized carbons (Fsp3) is 0.833.